The lowest BCUT2D eigenvalue weighted by Crippen LogP contribution is -2.53. The molecule has 5 rings (SSSR count). The molecule has 1 spiro atoms. The van der Waals surface area contributed by atoms with Crippen LogP contribution < -0.4 is 4.90 Å². The van der Waals surface area contributed by atoms with E-state index in [1.807, 2.05) is 30.4 Å². The van der Waals surface area contributed by atoms with Crippen molar-refractivity contribution in [1.29, 1.82) is 0 Å². The lowest BCUT2D eigenvalue weighted by Gasteiger charge is -2.35. The van der Waals surface area contributed by atoms with E-state index < -0.39 is 22.6 Å². The number of halogens is 1. The molecule has 0 saturated carbocycles. The number of aliphatic hydroxyl groups is 1. The molecule has 0 aliphatic carbocycles. The topological polar surface area (TPSA) is 87.2 Å². The first-order valence-corrected chi connectivity index (χ1v) is 13.9. The van der Waals surface area contributed by atoms with E-state index in [1.54, 1.807) is 21.9 Å². The molecule has 36 heavy (non-hydrogen) atoms. The van der Waals surface area contributed by atoms with Crippen LogP contribution in [-0.2, 0) is 19.1 Å². The summed E-state index contributed by atoms with van der Waals surface area (Å²) in [6.07, 6.45) is 11.7. The number of benzene rings is 1. The van der Waals surface area contributed by atoms with E-state index in [0.29, 0.717) is 43.2 Å². The Hall–Kier alpha value is -2.29. The minimum atomic E-state index is -0.893. The fourth-order valence-electron chi connectivity index (χ4n) is 5.94. The zero-order valence-electron chi connectivity index (χ0n) is 20.1. The second kappa shape index (κ2) is 10.6. The molecule has 1 unspecified atom stereocenters. The molecule has 7 nitrogen and oxygen atoms in total. The first-order valence-electron chi connectivity index (χ1n) is 12.7. The normalized spacial score (nSPS) is 33.0. The van der Waals surface area contributed by atoms with Gasteiger partial charge in [-0.3, -0.25) is 14.4 Å². The molecule has 4 aliphatic heterocycles. The van der Waals surface area contributed by atoms with Gasteiger partial charge in [-0.05, 0) is 44.2 Å². The van der Waals surface area contributed by atoms with Crippen molar-refractivity contribution in [1.82, 2.24) is 4.90 Å². The Bertz CT molecular complexity index is 1090. The third-order valence-electron chi connectivity index (χ3n) is 7.55. The molecule has 2 saturated heterocycles. The smallest absolute Gasteiger partial charge is 0.311 e. The maximum Gasteiger partial charge on any atom is 0.311 e. The summed E-state index contributed by atoms with van der Waals surface area (Å²) in [5.41, 5.74) is 0.596. The zero-order valence-corrected chi connectivity index (χ0v) is 21.6. The minimum Gasteiger partial charge on any atom is -0.465 e. The van der Waals surface area contributed by atoms with Gasteiger partial charge in [0, 0.05) is 24.9 Å². The van der Waals surface area contributed by atoms with Crippen LogP contribution in [0.15, 0.2) is 48.6 Å². The summed E-state index contributed by atoms with van der Waals surface area (Å²) >= 11 is 8.02. The van der Waals surface area contributed by atoms with Gasteiger partial charge in [-0.2, -0.15) is 0 Å². The highest BCUT2D eigenvalue weighted by Gasteiger charge is 2.70. The Labute approximate surface area is 220 Å². The van der Waals surface area contributed by atoms with Gasteiger partial charge in [0.15, 0.2) is 0 Å². The molecule has 9 heteroatoms. The minimum absolute atomic E-state index is 0.0113. The highest BCUT2D eigenvalue weighted by Crippen LogP contribution is 2.61. The number of anilines is 1. The lowest BCUT2D eigenvalue weighted by molar-refractivity contribution is -0.153. The summed E-state index contributed by atoms with van der Waals surface area (Å²) in [5, 5.41) is 9.54. The van der Waals surface area contributed by atoms with Crippen LogP contribution in [0.2, 0.25) is 5.02 Å². The van der Waals surface area contributed by atoms with Crippen LogP contribution in [0.1, 0.15) is 32.1 Å². The Morgan fingerprint density at radius 1 is 1.11 bits per heavy atom. The summed E-state index contributed by atoms with van der Waals surface area (Å²) in [6, 6.07) is 6.41. The van der Waals surface area contributed by atoms with Crippen LogP contribution >= 0.6 is 23.4 Å². The Morgan fingerprint density at radius 2 is 1.94 bits per heavy atom. The quantitative estimate of drug-likeness (QED) is 0.355. The Morgan fingerprint density at radius 3 is 2.75 bits per heavy atom. The van der Waals surface area contributed by atoms with Crippen LogP contribution in [0.3, 0.4) is 0 Å². The number of aliphatic hydroxyl groups excluding tert-OH is 1. The Balaban J connectivity index is 1.59. The van der Waals surface area contributed by atoms with Crippen molar-refractivity contribution in [3.05, 3.63) is 53.6 Å². The molecule has 1 aromatic carbocycles. The fraction of sp³-hybridized carbons (Fsp3) is 0.519. The summed E-state index contributed by atoms with van der Waals surface area (Å²) in [6.45, 7) is 1.01. The van der Waals surface area contributed by atoms with Gasteiger partial charge in [-0.15, -0.1) is 11.8 Å². The van der Waals surface area contributed by atoms with E-state index in [2.05, 4.69) is 6.08 Å². The second-order valence-electron chi connectivity index (χ2n) is 9.70. The van der Waals surface area contributed by atoms with E-state index in [-0.39, 0.29) is 29.6 Å². The number of thioether (sulfide) groups is 1. The predicted octanol–water partition coefficient (Wildman–Crippen LogP) is 3.60. The molecular formula is C27H31ClN2O5S. The van der Waals surface area contributed by atoms with Gasteiger partial charge in [-0.25, -0.2) is 0 Å². The average Bonchev–Trinajstić information content (AvgIpc) is 3.25. The molecule has 4 aliphatic rings. The summed E-state index contributed by atoms with van der Waals surface area (Å²) in [5.74, 6) is -2.12. The van der Waals surface area contributed by atoms with Gasteiger partial charge in [-0.1, -0.05) is 48.0 Å². The number of hydrogen-bond acceptors (Lipinski definition) is 6. The van der Waals surface area contributed by atoms with Crippen LogP contribution in [0.5, 0.6) is 0 Å². The molecule has 4 heterocycles. The molecule has 2 fully saturated rings. The molecule has 2 amide bonds. The molecular weight excluding hydrogens is 500 g/mol. The number of carbonyl (C=O) groups excluding carboxylic acids is 3. The predicted molar refractivity (Wildman–Crippen MR) is 140 cm³/mol. The van der Waals surface area contributed by atoms with Gasteiger partial charge in [0.25, 0.3) is 5.91 Å². The van der Waals surface area contributed by atoms with Crippen LogP contribution in [0, 0.1) is 11.8 Å². The van der Waals surface area contributed by atoms with Gasteiger partial charge in [0.1, 0.15) is 6.04 Å². The van der Waals surface area contributed by atoms with E-state index >= 15 is 0 Å². The number of allylic oxidation sites excluding steroid dienone is 1. The lowest BCUT2D eigenvalue weighted by atomic mass is 9.78. The van der Waals surface area contributed by atoms with Crippen LogP contribution in [0.4, 0.5) is 5.69 Å². The van der Waals surface area contributed by atoms with Crippen LogP contribution in [0.25, 0.3) is 0 Å². The highest BCUT2D eigenvalue weighted by atomic mass is 35.5. The van der Waals surface area contributed by atoms with Crippen molar-refractivity contribution in [3.8, 4) is 0 Å². The van der Waals surface area contributed by atoms with E-state index in [0.717, 1.165) is 19.3 Å². The molecule has 1 aromatic rings. The van der Waals surface area contributed by atoms with Crippen molar-refractivity contribution in [3.63, 3.8) is 0 Å². The van der Waals surface area contributed by atoms with Gasteiger partial charge < -0.3 is 19.6 Å². The molecule has 192 valence electrons. The number of likely N-dealkylation sites (tertiary alicyclic amines) is 1. The van der Waals surface area contributed by atoms with Crippen molar-refractivity contribution < 1.29 is 24.2 Å². The number of esters is 1. The second-order valence-corrected chi connectivity index (χ2v) is 11.6. The molecule has 0 aromatic heterocycles. The number of amides is 2. The van der Waals surface area contributed by atoms with Gasteiger partial charge >= 0.3 is 5.97 Å². The molecule has 0 bridgehead atoms. The van der Waals surface area contributed by atoms with E-state index in [1.165, 1.54) is 11.8 Å². The standard InChI is InChI=1S/C27H31ClN2O5S/c28-18-10-4-5-11-19(18)29-15-9-13-27-22(24(32)30(14-6-7-16-31)23(27)25(29)33)21-20(36-27)12-3-1-2-8-17-35-26(21)34/h3-5,9-13,20-23,31H,1-2,6-8,14-17H2/b12-3-/t20-,21+,22+,23?,27+/m1/s1. The van der Waals surface area contributed by atoms with Crippen molar-refractivity contribution >= 4 is 46.8 Å². The van der Waals surface area contributed by atoms with Crippen molar-refractivity contribution in [2.75, 3.05) is 31.2 Å². The maximum atomic E-state index is 14.3. The number of rotatable bonds is 5. The summed E-state index contributed by atoms with van der Waals surface area (Å²) in [7, 11) is 0. The third kappa shape index (κ3) is 4.27. The highest BCUT2D eigenvalue weighted by molar-refractivity contribution is 8.02. The number of fused-ring (bicyclic) bond motifs is 2. The number of unbranched alkanes of at least 4 members (excludes halogenated alkanes) is 1. The van der Waals surface area contributed by atoms with Gasteiger partial charge in [0.2, 0.25) is 5.91 Å². The average molecular weight is 531 g/mol. The Kier molecular flexibility index (Phi) is 7.47. The fourth-order valence-corrected chi connectivity index (χ4v) is 8.18. The monoisotopic (exact) mass is 530 g/mol. The first kappa shape index (κ1) is 25.4. The zero-order chi connectivity index (χ0) is 25.3. The van der Waals surface area contributed by atoms with Crippen LogP contribution in [-0.4, -0.2) is 70.1 Å². The number of hydrogen-bond donors (Lipinski definition) is 1. The maximum absolute atomic E-state index is 14.3. The summed E-state index contributed by atoms with van der Waals surface area (Å²) < 4.78 is 4.74. The first-order chi connectivity index (χ1) is 17.5. The molecule has 0 radical (unpaired) electrons. The number of cyclic esters (lactones) is 1. The van der Waals surface area contributed by atoms with Crippen molar-refractivity contribution in [2.24, 2.45) is 11.8 Å². The number of ether oxygens (including phenoxy) is 1. The van der Waals surface area contributed by atoms with E-state index in [9.17, 15) is 19.5 Å². The van der Waals surface area contributed by atoms with E-state index in [4.69, 9.17) is 16.3 Å². The van der Waals surface area contributed by atoms with Crippen molar-refractivity contribution in [2.45, 2.75) is 48.1 Å². The number of carbonyl (C=O) groups is 3. The summed E-state index contributed by atoms with van der Waals surface area (Å²) in [4.78, 5) is 44.9. The SMILES string of the molecule is O=C1OCCCC/C=C\[C@H]2S[C@]34C=CCN(c5ccccc5Cl)C(=O)C3N(CCCCO)C(=O)[C@@H]4[C@@H]12. The largest absolute Gasteiger partial charge is 0.465 e. The molecule has 1 N–H and O–H groups in total. The third-order valence-corrected chi connectivity index (χ3v) is 9.62. The number of para-hydroxylation sites is 1. The number of nitrogens with zero attached hydrogens (tertiary/aromatic N) is 2. The van der Waals surface area contributed by atoms with Gasteiger partial charge in [0.05, 0.1) is 33.9 Å². The molecule has 5 atom stereocenters.